The first-order chi connectivity index (χ1) is 13.6. The van der Waals surface area contributed by atoms with Gasteiger partial charge in [-0.05, 0) is 29.1 Å². The normalized spacial score (nSPS) is 11.5. The second-order valence-corrected chi connectivity index (χ2v) is 7.19. The van der Waals surface area contributed by atoms with Crippen molar-refractivity contribution in [1.29, 1.82) is 0 Å². The number of para-hydroxylation sites is 1. The van der Waals surface area contributed by atoms with E-state index in [0.29, 0.717) is 10.8 Å². The van der Waals surface area contributed by atoms with E-state index in [1.807, 2.05) is 47.8 Å². The van der Waals surface area contributed by atoms with Gasteiger partial charge in [-0.3, -0.25) is 4.79 Å². The van der Waals surface area contributed by atoms with Crippen LogP contribution in [0.25, 0.3) is 0 Å². The van der Waals surface area contributed by atoms with Gasteiger partial charge in [0.25, 0.3) is 5.91 Å². The zero-order valence-electron chi connectivity index (χ0n) is 14.8. The molecule has 0 saturated heterocycles. The molecule has 1 aromatic heterocycles. The number of halogens is 1. The molecule has 0 spiro atoms. The number of carbonyl (C=O) groups excluding carboxylic acids is 2. The van der Waals surface area contributed by atoms with Crippen LogP contribution < -0.4 is 10.1 Å². The molecule has 2 aromatic carbocycles. The highest BCUT2D eigenvalue weighted by molar-refractivity contribution is 7.10. The number of carbonyl (C=O) groups is 2. The fraction of sp³-hybridized carbons (Fsp3) is 0.143. The average Bonchev–Trinajstić information content (AvgIpc) is 3.25. The van der Waals surface area contributed by atoms with Gasteiger partial charge in [0.05, 0.1) is 11.1 Å². The molecule has 0 fully saturated rings. The maximum absolute atomic E-state index is 12.3. The Morgan fingerprint density at radius 3 is 2.43 bits per heavy atom. The minimum absolute atomic E-state index is 0.299. The molecular weight excluding hydrogens is 398 g/mol. The Balaban J connectivity index is 1.52. The molecule has 7 heteroatoms. The van der Waals surface area contributed by atoms with Crippen molar-refractivity contribution < 1.29 is 19.1 Å². The lowest BCUT2D eigenvalue weighted by atomic mass is 10.1. The van der Waals surface area contributed by atoms with E-state index in [2.05, 4.69) is 5.32 Å². The maximum atomic E-state index is 12.3. The predicted molar refractivity (Wildman–Crippen MR) is 109 cm³/mol. The first-order valence-electron chi connectivity index (χ1n) is 8.54. The number of hydrogen-bond donors (Lipinski definition) is 1. The number of ether oxygens (including phenoxy) is 2. The Morgan fingerprint density at radius 2 is 1.71 bits per heavy atom. The molecule has 3 rings (SSSR count). The minimum Gasteiger partial charge on any atom is -0.480 e. The lowest BCUT2D eigenvalue weighted by Crippen LogP contribution is -2.33. The number of amides is 1. The summed E-state index contributed by atoms with van der Waals surface area (Å²) in [5.74, 6) is -0.664. The first kappa shape index (κ1) is 19.9. The first-order valence-corrected chi connectivity index (χ1v) is 9.80. The number of benzene rings is 2. The summed E-state index contributed by atoms with van der Waals surface area (Å²) in [4.78, 5) is 25.2. The molecule has 144 valence electrons. The minimum atomic E-state index is -0.651. The van der Waals surface area contributed by atoms with E-state index < -0.39 is 11.9 Å². The lowest BCUT2D eigenvalue weighted by molar-refractivity contribution is -0.150. The number of thiophene rings is 1. The molecule has 5 nitrogen and oxygen atoms in total. The van der Waals surface area contributed by atoms with Gasteiger partial charge in [0, 0.05) is 4.88 Å². The molecule has 1 atom stereocenters. The summed E-state index contributed by atoms with van der Waals surface area (Å²) in [5, 5.41) is 5.25. The summed E-state index contributed by atoms with van der Waals surface area (Å²) in [5.41, 5.74) is 0.951. The molecule has 0 aliphatic rings. The van der Waals surface area contributed by atoms with Crippen LogP contribution in [0.5, 0.6) is 5.75 Å². The summed E-state index contributed by atoms with van der Waals surface area (Å²) < 4.78 is 10.3. The predicted octanol–water partition coefficient (Wildman–Crippen LogP) is 4.23. The number of nitrogens with one attached hydrogen (secondary N) is 1. The van der Waals surface area contributed by atoms with Crippen LogP contribution in [-0.2, 0) is 14.3 Å². The molecule has 1 heterocycles. The fourth-order valence-electron chi connectivity index (χ4n) is 2.51. The van der Waals surface area contributed by atoms with Crippen molar-refractivity contribution in [3.8, 4) is 5.75 Å². The quantitative estimate of drug-likeness (QED) is 0.559. The second kappa shape index (κ2) is 9.92. The van der Waals surface area contributed by atoms with Gasteiger partial charge in [-0.25, -0.2) is 4.79 Å². The molecule has 0 aliphatic carbocycles. The maximum Gasteiger partial charge on any atom is 0.344 e. The van der Waals surface area contributed by atoms with E-state index in [1.165, 1.54) is 0 Å². The van der Waals surface area contributed by atoms with Gasteiger partial charge >= 0.3 is 5.97 Å². The third-order valence-corrected chi connectivity index (χ3v) is 5.06. The molecule has 0 radical (unpaired) electrons. The van der Waals surface area contributed by atoms with Gasteiger partial charge in [0.1, 0.15) is 5.75 Å². The van der Waals surface area contributed by atoms with Gasteiger partial charge < -0.3 is 14.8 Å². The van der Waals surface area contributed by atoms with E-state index in [4.69, 9.17) is 21.1 Å². The van der Waals surface area contributed by atoms with Gasteiger partial charge in [0.2, 0.25) is 0 Å². The highest BCUT2D eigenvalue weighted by atomic mass is 35.5. The van der Waals surface area contributed by atoms with Gasteiger partial charge in [0.15, 0.2) is 13.2 Å². The Kier molecular flexibility index (Phi) is 7.06. The monoisotopic (exact) mass is 415 g/mol. The SMILES string of the molecule is O=C(COC(=O)COc1ccccc1Cl)N[C@@H](c1ccccc1)c1cccs1. The van der Waals surface area contributed by atoms with E-state index >= 15 is 0 Å². The van der Waals surface area contributed by atoms with E-state index in [0.717, 1.165) is 10.4 Å². The van der Waals surface area contributed by atoms with Crippen LogP contribution in [0.2, 0.25) is 5.02 Å². The highest BCUT2D eigenvalue weighted by Crippen LogP contribution is 2.26. The summed E-state index contributed by atoms with van der Waals surface area (Å²) in [6, 6.07) is 20.0. The van der Waals surface area contributed by atoms with Crippen LogP contribution in [0.4, 0.5) is 0 Å². The lowest BCUT2D eigenvalue weighted by Gasteiger charge is -2.18. The molecule has 1 N–H and O–H groups in total. The molecule has 0 saturated carbocycles. The van der Waals surface area contributed by atoms with Crippen LogP contribution >= 0.6 is 22.9 Å². The smallest absolute Gasteiger partial charge is 0.344 e. The van der Waals surface area contributed by atoms with Crippen LogP contribution in [0.1, 0.15) is 16.5 Å². The van der Waals surface area contributed by atoms with E-state index in [1.54, 1.807) is 35.6 Å². The summed E-state index contributed by atoms with van der Waals surface area (Å²) in [6.45, 7) is -0.719. The van der Waals surface area contributed by atoms with Crippen molar-refractivity contribution in [2.24, 2.45) is 0 Å². The van der Waals surface area contributed by atoms with Crippen molar-refractivity contribution in [3.63, 3.8) is 0 Å². The average molecular weight is 416 g/mol. The topological polar surface area (TPSA) is 64.6 Å². The molecule has 1 amide bonds. The molecule has 0 unspecified atom stereocenters. The van der Waals surface area contributed by atoms with Crippen LogP contribution in [-0.4, -0.2) is 25.1 Å². The van der Waals surface area contributed by atoms with Crippen molar-refractivity contribution >= 4 is 34.8 Å². The summed E-state index contributed by atoms with van der Waals surface area (Å²) >= 11 is 7.50. The Labute approximate surface area is 171 Å². The second-order valence-electron chi connectivity index (χ2n) is 5.81. The molecule has 0 aliphatic heterocycles. The Hall–Kier alpha value is -2.83. The van der Waals surface area contributed by atoms with Crippen molar-refractivity contribution in [2.45, 2.75) is 6.04 Å². The molecule has 0 bridgehead atoms. The van der Waals surface area contributed by atoms with Crippen molar-refractivity contribution in [2.75, 3.05) is 13.2 Å². The molecule has 3 aromatic rings. The third-order valence-electron chi connectivity index (χ3n) is 3.81. The van der Waals surface area contributed by atoms with Crippen LogP contribution in [0.15, 0.2) is 72.1 Å². The van der Waals surface area contributed by atoms with E-state index in [-0.39, 0.29) is 19.3 Å². The van der Waals surface area contributed by atoms with E-state index in [9.17, 15) is 9.59 Å². The van der Waals surface area contributed by atoms with Crippen LogP contribution in [0, 0.1) is 0 Å². The Morgan fingerprint density at radius 1 is 0.964 bits per heavy atom. The fourth-order valence-corrected chi connectivity index (χ4v) is 3.50. The largest absolute Gasteiger partial charge is 0.480 e. The highest BCUT2D eigenvalue weighted by Gasteiger charge is 2.18. The van der Waals surface area contributed by atoms with Gasteiger partial charge in [-0.15, -0.1) is 11.3 Å². The van der Waals surface area contributed by atoms with Gasteiger partial charge in [-0.1, -0.05) is 60.1 Å². The van der Waals surface area contributed by atoms with Crippen molar-refractivity contribution in [1.82, 2.24) is 5.32 Å². The number of rotatable bonds is 8. The zero-order chi connectivity index (χ0) is 19.8. The van der Waals surface area contributed by atoms with Crippen LogP contribution in [0.3, 0.4) is 0 Å². The summed E-state index contributed by atoms with van der Waals surface area (Å²) in [6.07, 6.45) is 0. The van der Waals surface area contributed by atoms with Gasteiger partial charge in [-0.2, -0.15) is 0 Å². The molecular formula is C21H18ClNO4S. The zero-order valence-corrected chi connectivity index (χ0v) is 16.4. The Bertz CT molecular complexity index is 915. The number of esters is 1. The molecule has 28 heavy (non-hydrogen) atoms. The summed E-state index contributed by atoms with van der Waals surface area (Å²) in [7, 11) is 0. The number of hydrogen-bond acceptors (Lipinski definition) is 5. The van der Waals surface area contributed by atoms with Crippen molar-refractivity contribution in [3.05, 3.63) is 87.6 Å². The standard InChI is InChI=1S/C21H18ClNO4S/c22-16-9-4-5-10-17(16)26-14-20(25)27-13-19(24)23-21(18-11-6-12-28-18)15-7-2-1-3-8-15/h1-12,21H,13-14H2,(H,23,24)/t21-/m0/s1. The third kappa shape index (κ3) is 5.58.